The van der Waals surface area contributed by atoms with E-state index in [9.17, 15) is 14.4 Å². The highest BCUT2D eigenvalue weighted by atomic mass is 32.1. The topological polar surface area (TPSA) is 104 Å². The van der Waals surface area contributed by atoms with Gasteiger partial charge in [-0.05, 0) is 49.4 Å². The highest BCUT2D eigenvalue weighted by Gasteiger charge is 2.34. The van der Waals surface area contributed by atoms with Crippen LogP contribution in [0.25, 0.3) is 0 Å². The van der Waals surface area contributed by atoms with E-state index in [0.717, 1.165) is 11.3 Å². The van der Waals surface area contributed by atoms with Crippen LogP contribution in [0.5, 0.6) is 0 Å². The molecule has 0 bridgehead atoms. The van der Waals surface area contributed by atoms with Gasteiger partial charge in [-0.2, -0.15) is 0 Å². The first kappa shape index (κ1) is 23.4. The maximum absolute atomic E-state index is 12.8. The number of hydrogen-bond acceptors (Lipinski definition) is 6. The quantitative estimate of drug-likeness (QED) is 0.395. The Hall–Kier alpha value is -4.37. The van der Waals surface area contributed by atoms with Crippen molar-refractivity contribution in [3.63, 3.8) is 0 Å². The van der Waals surface area contributed by atoms with E-state index in [1.165, 1.54) is 11.3 Å². The van der Waals surface area contributed by atoms with Crippen molar-refractivity contribution in [2.75, 3.05) is 22.1 Å². The van der Waals surface area contributed by atoms with E-state index in [0.29, 0.717) is 39.9 Å². The Morgan fingerprint density at radius 2 is 1.61 bits per heavy atom. The van der Waals surface area contributed by atoms with Crippen molar-refractivity contribution in [1.82, 2.24) is 10.2 Å². The number of nitrogens with zero attached hydrogens (tertiary/aromatic N) is 3. The lowest BCUT2D eigenvalue weighted by Crippen LogP contribution is -2.24. The molecule has 1 unspecified atom stereocenters. The minimum Gasteiger partial charge on any atom is -0.322 e. The lowest BCUT2D eigenvalue weighted by Gasteiger charge is -2.16. The third kappa shape index (κ3) is 5.16. The molecule has 1 fully saturated rings. The average Bonchev–Trinajstić information content (AvgIpc) is 3.52. The summed E-state index contributed by atoms with van der Waals surface area (Å²) in [6.45, 7) is 2.53. The Kier molecular flexibility index (Phi) is 6.55. The van der Waals surface area contributed by atoms with Crippen molar-refractivity contribution in [3.05, 3.63) is 101 Å². The summed E-state index contributed by atoms with van der Waals surface area (Å²) in [5.74, 6) is -0.664. The average molecular weight is 498 g/mol. The first-order chi connectivity index (χ1) is 17.5. The van der Waals surface area contributed by atoms with Crippen LogP contribution >= 0.6 is 11.3 Å². The Bertz CT molecular complexity index is 1420. The summed E-state index contributed by atoms with van der Waals surface area (Å²) >= 11 is 1.26. The number of benzene rings is 3. The first-order valence-electron chi connectivity index (χ1n) is 11.4. The van der Waals surface area contributed by atoms with Crippen LogP contribution < -0.4 is 15.5 Å². The van der Waals surface area contributed by atoms with Gasteiger partial charge in [0.15, 0.2) is 0 Å². The molecule has 0 spiro atoms. The molecule has 0 radical (unpaired) electrons. The number of aromatic nitrogens is 2. The van der Waals surface area contributed by atoms with Crippen LogP contribution in [0.2, 0.25) is 0 Å². The highest BCUT2D eigenvalue weighted by molar-refractivity contribution is 7.15. The standard InChI is InChI=1S/C27H23N5O3S/c1-17-10-12-22(13-11-17)32-16-20(15-23(32)33)26-30-31-27(36-26)29-25(35)19-8-5-9-21(14-19)28-24(34)18-6-3-2-4-7-18/h2-14,20H,15-16H2,1H3,(H,28,34)(H,29,31,35). The largest absolute Gasteiger partial charge is 0.322 e. The molecule has 1 aromatic heterocycles. The number of anilines is 3. The summed E-state index contributed by atoms with van der Waals surface area (Å²) in [4.78, 5) is 39.6. The van der Waals surface area contributed by atoms with Gasteiger partial charge >= 0.3 is 0 Å². The van der Waals surface area contributed by atoms with Gasteiger partial charge in [-0.1, -0.05) is 53.3 Å². The zero-order chi connectivity index (χ0) is 25.1. The summed E-state index contributed by atoms with van der Waals surface area (Å²) < 4.78 is 0. The smallest absolute Gasteiger partial charge is 0.257 e. The summed E-state index contributed by atoms with van der Waals surface area (Å²) in [6.07, 6.45) is 0.347. The van der Waals surface area contributed by atoms with Gasteiger partial charge in [0.05, 0.1) is 0 Å². The van der Waals surface area contributed by atoms with Gasteiger partial charge in [-0.25, -0.2) is 0 Å². The van der Waals surface area contributed by atoms with Crippen LogP contribution in [0.3, 0.4) is 0 Å². The van der Waals surface area contributed by atoms with Crippen LogP contribution in [0.15, 0.2) is 78.9 Å². The summed E-state index contributed by atoms with van der Waals surface area (Å²) in [6, 6.07) is 23.4. The van der Waals surface area contributed by atoms with Crippen molar-refractivity contribution < 1.29 is 14.4 Å². The third-order valence-electron chi connectivity index (χ3n) is 5.90. The molecule has 180 valence electrons. The molecule has 3 aromatic carbocycles. The van der Waals surface area contributed by atoms with E-state index < -0.39 is 0 Å². The van der Waals surface area contributed by atoms with Gasteiger partial charge in [0, 0.05) is 41.4 Å². The SMILES string of the molecule is Cc1ccc(N2CC(c3nnc(NC(=O)c4cccc(NC(=O)c5ccccc5)c4)s3)CC2=O)cc1. The van der Waals surface area contributed by atoms with Gasteiger partial charge in [0.1, 0.15) is 5.01 Å². The summed E-state index contributed by atoms with van der Waals surface area (Å²) in [7, 11) is 0. The summed E-state index contributed by atoms with van der Waals surface area (Å²) in [5.41, 5.74) is 3.41. The highest BCUT2D eigenvalue weighted by Crippen LogP contribution is 2.34. The minimum absolute atomic E-state index is 0.0407. The van der Waals surface area contributed by atoms with Gasteiger partial charge in [-0.15, -0.1) is 10.2 Å². The van der Waals surface area contributed by atoms with Crippen LogP contribution in [0, 0.1) is 6.92 Å². The molecule has 2 N–H and O–H groups in total. The fourth-order valence-electron chi connectivity index (χ4n) is 4.00. The molecule has 1 saturated heterocycles. The Labute approximate surface area is 212 Å². The van der Waals surface area contributed by atoms with E-state index in [1.54, 1.807) is 53.4 Å². The second kappa shape index (κ2) is 10.1. The lowest BCUT2D eigenvalue weighted by molar-refractivity contribution is -0.117. The monoisotopic (exact) mass is 497 g/mol. The fourth-order valence-corrected chi connectivity index (χ4v) is 4.83. The molecule has 0 aliphatic carbocycles. The number of carbonyl (C=O) groups excluding carboxylic acids is 3. The molecule has 9 heteroatoms. The number of aryl methyl sites for hydroxylation is 1. The molecule has 0 saturated carbocycles. The van der Waals surface area contributed by atoms with Crippen molar-refractivity contribution in [2.45, 2.75) is 19.3 Å². The maximum atomic E-state index is 12.8. The second-order valence-corrected chi connectivity index (χ2v) is 9.55. The van der Waals surface area contributed by atoms with Crippen molar-refractivity contribution in [2.24, 2.45) is 0 Å². The molecule has 8 nitrogen and oxygen atoms in total. The molecule has 1 aliphatic heterocycles. The number of hydrogen-bond donors (Lipinski definition) is 2. The van der Waals surface area contributed by atoms with Crippen molar-refractivity contribution >= 4 is 45.6 Å². The van der Waals surface area contributed by atoms with Gasteiger partial charge < -0.3 is 10.2 Å². The van der Waals surface area contributed by atoms with Crippen LogP contribution in [-0.4, -0.2) is 34.5 Å². The Morgan fingerprint density at radius 1 is 0.889 bits per heavy atom. The van der Waals surface area contributed by atoms with Crippen LogP contribution in [0.4, 0.5) is 16.5 Å². The lowest BCUT2D eigenvalue weighted by atomic mass is 10.1. The molecule has 1 aliphatic rings. The number of nitrogens with one attached hydrogen (secondary N) is 2. The van der Waals surface area contributed by atoms with E-state index >= 15 is 0 Å². The van der Waals surface area contributed by atoms with Crippen LogP contribution in [-0.2, 0) is 4.79 Å². The fraction of sp³-hybridized carbons (Fsp3) is 0.148. The number of rotatable bonds is 6. The zero-order valence-electron chi connectivity index (χ0n) is 19.5. The number of carbonyl (C=O) groups is 3. The predicted molar refractivity (Wildman–Crippen MR) is 140 cm³/mol. The van der Waals surface area contributed by atoms with Crippen molar-refractivity contribution in [1.29, 1.82) is 0 Å². The second-order valence-electron chi connectivity index (χ2n) is 8.54. The normalized spacial score (nSPS) is 15.1. The predicted octanol–water partition coefficient (Wildman–Crippen LogP) is 4.87. The molecule has 1 atom stereocenters. The molecule has 4 aromatic rings. The Morgan fingerprint density at radius 3 is 2.39 bits per heavy atom. The van der Waals surface area contributed by atoms with Gasteiger partial charge in [0.2, 0.25) is 11.0 Å². The maximum Gasteiger partial charge on any atom is 0.257 e. The molecule has 5 rings (SSSR count). The molecule has 2 heterocycles. The Balaban J connectivity index is 1.23. The molecular formula is C27H23N5O3S. The van der Waals surface area contributed by atoms with Crippen molar-refractivity contribution in [3.8, 4) is 0 Å². The van der Waals surface area contributed by atoms with E-state index in [1.807, 2.05) is 37.3 Å². The van der Waals surface area contributed by atoms with E-state index in [-0.39, 0.29) is 23.6 Å². The first-order valence-corrected chi connectivity index (χ1v) is 12.3. The van der Waals surface area contributed by atoms with E-state index in [4.69, 9.17) is 0 Å². The van der Waals surface area contributed by atoms with E-state index in [2.05, 4.69) is 20.8 Å². The minimum atomic E-state index is -0.364. The summed E-state index contributed by atoms with van der Waals surface area (Å²) in [5, 5.41) is 15.0. The van der Waals surface area contributed by atoms with Crippen LogP contribution in [0.1, 0.15) is 43.6 Å². The molecule has 3 amide bonds. The van der Waals surface area contributed by atoms with Gasteiger partial charge in [-0.3, -0.25) is 19.7 Å². The molecule has 36 heavy (non-hydrogen) atoms. The zero-order valence-corrected chi connectivity index (χ0v) is 20.3. The molecular weight excluding hydrogens is 474 g/mol. The van der Waals surface area contributed by atoms with Gasteiger partial charge in [0.25, 0.3) is 11.8 Å². The third-order valence-corrected chi connectivity index (χ3v) is 6.90. The number of amides is 3.